The SMILES string of the molecule is Cc1cccc(C#N)c1N1CCSC(C)C1C. The summed E-state index contributed by atoms with van der Waals surface area (Å²) in [4.78, 5) is 2.40. The fourth-order valence-electron chi connectivity index (χ4n) is 2.38. The highest BCUT2D eigenvalue weighted by Crippen LogP contribution is 2.33. The van der Waals surface area contributed by atoms with Crippen molar-refractivity contribution in [3.05, 3.63) is 29.3 Å². The van der Waals surface area contributed by atoms with Crippen LogP contribution in [0, 0.1) is 18.3 Å². The lowest BCUT2D eigenvalue weighted by Gasteiger charge is -2.40. The van der Waals surface area contributed by atoms with Gasteiger partial charge in [-0.3, -0.25) is 0 Å². The summed E-state index contributed by atoms with van der Waals surface area (Å²) in [6.07, 6.45) is 0. The molecule has 1 aliphatic heterocycles. The molecule has 1 aromatic rings. The van der Waals surface area contributed by atoms with Crippen molar-refractivity contribution in [3.8, 4) is 6.07 Å². The minimum Gasteiger partial charge on any atom is -0.366 e. The normalized spacial score (nSPS) is 24.5. The number of benzene rings is 1. The molecule has 0 aliphatic carbocycles. The molecule has 1 aromatic carbocycles. The lowest BCUT2D eigenvalue weighted by atomic mass is 10.0. The number of rotatable bonds is 1. The van der Waals surface area contributed by atoms with E-state index in [1.807, 2.05) is 23.9 Å². The summed E-state index contributed by atoms with van der Waals surface area (Å²) in [7, 11) is 0. The molecule has 1 fully saturated rings. The Balaban J connectivity index is 2.43. The highest BCUT2D eigenvalue weighted by molar-refractivity contribution is 8.00. The van der Waals surface area contributed by atoms with Crippen molar-refractivity contribution in [2.24, 2.45) is 0 Å². The van der Waals surface area contributed by atoms with E-state index in [0.717, 1.165) is 23.5 Å². The molecule has 17 heavy (non-hydrogen) atoms. The maximum atomic E-state index is 9.24. The zero-order valence-electron chi connectivity index (χ0n) is 10.6. The van der Waals surface area contributed by atoms with E-state index >= 15 is 0 Å². The highest BCUT2D eigenvalue weighted by Gasteiger charge is 2.27. The van der Waals surface area contributed by atoms with Crippen molar-refractivity contribution >= 4 is 17.4 Å². The molecule has 2 nitrogen and oxygen atoms in total. The van der Waals surface area contributed by atoms with Crippen LogP contribution < -0.4 is 4.90 Å². The first-order valence-corrected chi connectivity index (χ1v) is 7.08. The van der Waals surface area contributed by atoms with Gasteiger partial charge in [0.1, 0.15) is 6.07 Å². The zero-order chi connectivity index (χ0) is 12.4. The predicted octanol–water partition coefficient (Wildman–Crippen LogP) is 3.20. The van der Waals surface area contributed by atoms with Crippen molar-refractivity contribution in [1.29, 1.82) is 5.26 Å². The van der Waals surface area contributed by atoms with Gasteiger partial charge in [0.15, 0.2) is 0 Å². The molecular formula is C14H18N2S. The quantitative estimate of drug-likeness (QED) is 0.761. The van der Waals surface area contributed by atoms with Gasteiger partial charge in [-0.2, -0.15) is 17.0 Å². The first kappa shape index (κ1) is 12.3. The smallest absolute Gasteiger partial charge is 0.101 e. The molecule has 1 saturated heterocycles. The Kier molecular flexibility index (Phi) is 3.63. The first-order chi connectivity index (χ1) is 8.15. The van der Waals surface area contributed by atoms with Crippen LogP contribution in [0.4, 0.5) is 5.69 Å². The Hall–Kier alpha value is -1.14. The molecule has 3 heteroatoms. The number of hydrogen-bond donors (Lipinski definition) is 0. The number of nitrogens with zero attached hydrogens (tertiary/aromatic N) is 2. The largest absolute Gasteiger partial charge is 0.366 e. The standard InChI is InChI=1S/C14H18N2S/c1-10-5-4-6-13(9-15)14(10)16-7-8-17-12(3)11(16)2/h4-6,11-12H,7-8H2,1-3H3. The Morgan fingerprint density at radius 1 is 1.41 bits per heavy atom. The monoisotopic (exact) mass is 246 g/mol. The van der Waals surface area contributed by atoms with Gasteiger partial charge in [-0.05, 0) is 25.5 Å². The summed E-state index contributed by atoms with van der Waals surface area (Å²) in [6, 6.07) is 8.78. The molecule has 2 unspecified atom stereocenters. The second kappa shape index (κ2) is 5.01. The molecule has 0 amide bonds. The van der Waals surface area contributed by atoms with E-state index in [2.05, 4.69) is 37.8 Å². The van der Waals surface area contributed by atoms with Crippen molar-refractivity contribution in [3.63, 3.8) is 0 Å². The molecule has 2 rings (SSSR count). The van der Waals surface area contributed by atoms with Crippen molar-refractivity contribution < 1.29 is 0 Å². The van der Waals surface area contributed by atoms with Gasteiger partial charge < -0.3 is 4.90 Å². The van der Waals surface area contributed by atoms with E-state index in [9.17, 15) is 5.26 Å². The van der Waals surface area contributed by atoms with Crippen molar-refractivity contribution in [2.75, 3.05) is 17.2 Å². The predicted molar refractivity (Wildman–Crippen MR) is 74.6 cm³/mol. The highest BCUT2D eigenvalue weighted by atomic mass is 32.2. The summed E-state index contributed by atoms with van der Waals surface area (Å²) in [5, 5.41) is 9.86. The third kappa shape index (κ3) is 2.28. The first-order valence-electron chi connectivity index (χ1n) is 6.03. The van der Waals surface area contributed by atoms with E-state index in [0.29, 0.717) is 11.3 Å². The Bertz CT molecular complexity index is 450. The fraction of sp³-hybridized carbons (Fsp3) is 0.500. The van der Waals surface area contributed by atoms with E-state index in [1.165, 1.54) is 5.56 Å². The Labute approximate surface area is 108 Å². The molecule has 90 valence electrons. The van der Waals surface area contributed by atoms with E-state index in [1.54, 1.807) is 0 Å². The van der Waals surface area contributed by atoms with Crippen molar-refractivity contribution in [2.45, 2.75) is 32.1 Å². The number of hydrogen-bond acceptors (Lipinski definition) is 3. The molecule has 2 atom stereocenters. The van der Waals surface area contributed by atoms with Crippen LogP contribution in [-0.2, 0) is 0 Å². The number of thioether (sulfide) groups is 1. The lowest BCUT2D eigenvalue weighted by Crippen LogP contribution is -2.45. The Morgan fingerprint density at radius 2 is 2.18 bits per heavy atom. The summed E-state index contributed by atoms with van der Waals surface area (Å²) >= 11 is 2.02. The molecule has 0 aromatic heterocycles. The fourth-order valence-corrected chi connectivity index (χ4v) is 3.48. The summed E-state index contributed by atoms with van der Waals surface area (Å²) < 4.78 is 0. The minimum absolute atomic E-state index is 0.488. The molecule has 1 aliphatic rings. The minimum atomic E-state index is 0.488. The van der Waals surface area contributed by atoms with Gasteiger partial charge >= 0.3 is 0 Å². The third-order valence-corrected chi connectivity index (χ3v) is 4.87. The van der Waals surface area contributed by atoms with Gasteiger partial charge in [0.25, 0.3) is 0 Å². The molecule has 0 radical (unpaired) electrons. The number of para-hydroxylation sites is 1. The van der Waals surface area contributed by atoms with Gasteiger partial charge in [-0.1, -0.05) is 19.1 Å². The molecule has 0 spiro atoms. The zero-order valence-corrected chi connectivity index (χ0v) is 11.4. The van der Waals surface area contributed by atoms with Crippen LogP contribution in [0.2, 0.25) is 0 Å². The van der Waals surface area contributed by atoms with Crippen LogP contribution in [0.3, 0.4) is 0 Å². The maximum absolute atomic E-state index is 9.24. The van der Waals surface area contributed by atoms with Gasteiger partial charge in [-0.25, -0.2) is 0 Å². The average molecular weight is 246 g/mol. The topological polar surface area (TPSA) is 27.0 Å². The van der Waals surface area contributed by atoms with Gasteiger partial charge in [0.05, 0.1) is 11.3 Å². The number of nitriles is 1. The van der Waals surface area contributed by atoms with E-state index < -0.39 is 0 Å². The van der Waals surface area contributed by atoms with Crippen LogP contribution in [0.15, 0.2) is 18.2 Å². The molecule has 0 N–H and O–H groups in total. The molecule has 1 heterocycles. The summed E-state index contributed by atoms with van der Waals surface area (Å²) in [6.45, 7) is 7.65. The summed E-state index contributed by atoms with van der Waals surface area (Å²) in [5.74, 6) is 1.14. The number of anilines is 1. The number of aryl methyl sites for hydroxylation is 1. The third-order valence-electron chi connectivity index (χ3n) is 3.53. The molecule has 0 bridgehead atoms. The van der Waals surface area contributed by atoms with Crippen molar-refractivity contribution in [1.82, 2.24) is 0 Å². The van der Waals surface area contributed by atoms with E-state index in [-0.39, 0.29) is 0 Å². The summed E-state index contributed by atoms with van der Waals surface area (Å²) in [5.41, 5.74) is 3.14. The second-order valence-electron chi connectivity index (χ2n) is 4.59. The molecular weight excluding hydrogens is 228 g/mol. The van der Waals surface area contributed by atoms with Crippen LogP contribution in [0.1, 0.15) is 25.0 Å². The van der Waals surface area contributed by atoms with Gasteiger partial charge in [-0.15, -0.1) is 0 Å². The maximum Gasteiger partial charge on any atom is 0.101 e. The van der Waals surface area contributed by atoms with Crippen LogP contribution in [0.5, 0.6) is 0 Å². The second-order valence-corrected chi connectivity index (χ2v) is 6.08. The van der Waals surface area contributed by atoms with Crippen LogP contribution in [-0.4, -0.2) is 23.6 Å². The van der Waals surface area contributed by atoms with Crippen LogP contribution in [0.25, 0.3) is 0 Å². The molecule has 0 saturated carbocycles. The van der Waals surface area contributed by atoms with Gasteiger partial charge in [0, 0.05) is 23.6 Å². The average Bonchev–Trinajstić information content (AvgIpc) is 2.33. The lowest BCUT2D eigenvalue weighted by molar-refractivity contribution is 0.625. The Morgan fingerprint density at radius 3 is 2.88 bits per heavy atom. The van der Waals surface area contributed by atoms with Crippen LogP contribution >= 0.6 is 11.8 Å². The van der Waals surface area contributed by atoms with E-state index in [4.69, 9.17) is 0 Å². The van der Waals surface area contributed by atoms with Gasteiger partial charge in [0.2, 0.25) is 0 Å².